The van der Waals surface area contributed by atoms with E-state index in [1.165, 1.54) is 0 Å². The van der Waals surface area contributed by atoms with E-state index in [4.69, 9.17) is 88.6 Å². The first-order valence-electron chi connectivity index (χ1n) is 11.1. The Morgan fingerprint density at radius 2 is 0.895 bits per heavy atom. The highest BCUT2D eigenvalue weighted by Crippen LogP contribution is 2.47. The number of hydrogen-bond donors (Lipinski definition) is 0. The molecule has 0 unspecified atom stereocenters. The van der Waals surface area contributed by atoms with Crippen LogP contribution in [-0.4, -0.2) is 23.9 Å². The first-order chi connectivity index (χ1) is 17.9. The Balaban J connectivity index is 2.36. The van der Waals surface area contributed by atoms with E-state index in [2.05, 4.69) is 0 Å². The van der Waals surface area contributed by atoms with E-state index < -0.39 is 46.9 Å². The number of benzene rings is 2. The highest BCUT2D eigenvalue weighted by atomic mass is 35.5. The predicted octanol–water partition coefficient (Wildman–Crippen LogP) is 8.31. The van der Waals surface area contributed by atoms with Gasteiger partial charge in [0.2, 0.25) is 0 Å². The monoisotopic (exact) mass is 646 g/mol. The van der Waals surface area contributed by atoms with E-state index in [9.17, 15) is 19.2 Å². The van der Waals surface area contributed by atoms with Gasteiger partial charge in [0, 0.05) is 12.8 Å². The van der Waals surface area contributed by atoms with Crippen molar-refractivity contribution in [1.82, 2.24) is 0 Å². The third-order valence-electron chi connectivity index (χ3n) is 4.63. The maximum atomic E-state index is 12.7. The molecule has 0 radical (unpaired) electrons. The molecule has 0 atom stereocenters. The van der Waals surface area contributed by atoms with Gasteiger partial charge in [-0.1, -0.05) is 96.3 Å². The summed E-state index contributed by atoms with van der Waals surface area (Å²) in [5.74, 6) is -6.74. The van der Waals surface area contributed by atoms with Gasteiger partial charge in [-0.25, -0.2) is 9.59 Å². The third-order valence-corrected chi connectivity index (χ3v) is 6.73. The number of hydrogen-bond acceptors (Lipinski definition) is 8. The second-order valence-electron chi connectivity index (χ2n) is 7.56. The third kappa shape index (κ3) is 8.53. The first kappa shape index (κ1) is 32.3. The van der Waals surface area contributed by atoms with Gasteiger partial charge >= 0.3 is 23.9 Å². The summed E-state index contributed by atoms with van der Waals surface area (Å²) >= 11 is 36.5. The average Bonchev–Trinajstić information content (AvgIpc) is 2.87. The Morgan fingerprint density at radius 1 is 0.553 bits per heavy atom. The minimum absolute atomic E-state index is 0.0380. The standard InChI is InChI=1S/C24H20Cl6O8/c1-3-5-7-15(31)35-19-13(27)9-11(25)17(29)21(19)37-23(33)24(34)38-22-18(30)12(26)10-14(28)20(22)36-16(32)8-6-4-2/h9-10H,3-8H2,1-2H3. The molecule has 0 heterocycles. The summed E-state index contributed by atoms with van der Waals surface area (Å²) in [5, 5.41) is -1.49. The van der Waals surface area contributed by atoms with Crippen molar-refractivity contribution in [1.29, 1.82) is 0 Å². The zero-order valence-electron chi connectivity index (χ0n) is 19.9. The second-order valence-corrected chi connectivity index (χ2v) is 9.94. The molecule has 2 aromatic carbocycles. The lowest BCUT2D eigenvalue weighted by Gasteiger charge is -2.16. The van der Waals surface area contributed by atoms with Crippen molar-refractivity contribution in [3.05, 3.63) is 42.3 Å². The van der Waals surface area contributed by atoms with Crippen LogP contribution >= 0.6 is 69.6 Å². The van der Waals surface area contributed by atoms with Crippen LogP contribution in [0.25, 0.3) is 0 Å². The molecule has 38 heavy (non-hydrogen) atoms. The Labute approximate surface area is 248 Å². The number of carbonyl (C=O) groups is 4. The maximum absolute atomic E-state index is 12.7. The molecule has 0 aliphatic rings. The van der Waals surface area contributed by atoms with Crippen LogP contribution in [0.4, 0.5) is 0 Å². The molecule has 0 spiro atoms. The summed E-state index contributed by atoms with van der Waals surface area (Å²) in [7, 11) is 0. The zero-order chi connectivity index (χ0) is 28.6. The number of unbranched alkanes of at least 4 members (excludes halogenated alkanes) is 2. The van der Waals surface area contributed by atoms with E-state index >= 15 is 0 Å². The molecular formula is C24H20Cl6O8. The Hall–Kier alpha value is -1.94. The summed E-state index contributed by atoms with van der Waals surface area (Å²) in [4.78, 5) is 49.6. The van der Waals surface area contributed by atoms with Gasteiger partial charge in [-0.15, -0.1) is 0 Å². The number of halogens is 6. The van der Waals surface area contributed by atoms with E-state index in [1.54, 1.807) is 0 Å². The Kier molecular flexibility index (Phi) is 12.7. The smallest absolute Gasteiger partial charge is 0.421 e. The summed E-state index contributed by atoms with van der Waals surface area (Å²) in [5.41, 5.74) is 0. The SMILES string of the molecule is CCCCC(=O)Oc1c(Cl)cc(Cl)c(Cl)c1OC(=O)C(=O)Oc1c(Cl)c(Cl)cc(Cl)c1OC(=O)CCCC. The summed E-state index contributed by atoms with van der Waals surface area (Å²) < 4.78 is 20.5. The largest absolute Gasteiger partial charge is 0.423 e. The average molecular weight is 649 g/mol. The van der Waals surface area contributed by atoms with Crippen LogP contribution in [0.3, 0.4) is 0 Å². The lowest BCUT2D eigenvalue weighted by Crippen LogP contribution is -2.26. The number of carbonyl (C=O) groups excluding carboxylic acids is 4. The van der Waals surface area contributed by atoms with Crippen LogP contribution in [0.2, 0.25) is 30.1 Å². The zero-order valence-corrected chi connectivity index (χ0v) is 24.5. The van der Waals surface area contributed by atoms with E-state index in [1.807, 2.05) is 13.8 Å². The minimum atomic E-state index is -1.65. The van der Waals surface area contributed by atoms with Crippen molar-refractivity contribution < 1.29 is 38.1 Å². The predicted molar refractivity (Wildman–Crippen MR) is 145 cm³/mol. The molecule has 8 nitrogen and oxygen atoms in total. The second kappa shape index (κ2) is 15.0. The normalized spacial score (nSPS) is 10.6. The van der Waals surface area contributed by atoms with E-state index in [-0.39, 0.29) is 43.0 Å². The van der Waals surface area contributed by atoms with E-state index in [0.29, 0.717) is 25.7 Å². The number of ether oxygens (including phenoxy) is 4. The van der Waals surface area contributed by atoms with Crippen LogP contribution in [0.5, 0.6) is 23.0 Å². The molecule has 0 N–H and O–H groups in total. The number of rotatable bonds is 10. The highest BCUT2D eigenvalue weighted by molar-refractivity contribution is 6.46. The Bertz CT molecular complexity index is 1150. The molecule has 0 saturated heterocycles. The van der Waals surface area contributed by atoms with Crippen LogP contribution < -0.4 is 18.9 Å². The topological polar surface area (TPSA) is 105 Å². The molecule has 2 rings (SSSR count). The van der Waals surface area contributed by atoms with Crippen LogP contribution in [0, 0.1) is 0 Å². The molecule has 2 aromatic rings. The summed E-state index contributed by atoms with van der Waals surface area (Å²) in [6.45, 7) is 3.74. The molecule has 0 aliphatic carbocycles. The van der Waals surface area contributed by atoms with Gasteiger partial charge in [-0.3, -0.25) is 9.59 Å². The maximum Gasteiger partial charge on any atom is 0.423 e. The molecular weight excluding hydrogens is 629 g/mol. The van der Waals surface area contributed by atoms with Gasteiger partial charge in [-0.2, -0.15) is 0 Å². The lowest BCUT2D eigenvalue weighted by molar-refractivity contribution is -0.156. The summed E-state index contributed by atoms with van der Waals surface area (Å²) in [6.07, 6.45) is 2.54. The first-order valence-corrected chi connectivity index (χ1v) is 13.4. The molecule has 0 aliphatic heterocycles. The van der Waals surface area contributed by atoms with Gasteiger partial charge in [-0.05, 0) is 25.0 Å². The fourth-order valence-corrected chi connectivity index (χ4v) is 4.05. The van der Waals surface area contributed by atoms with Crippen molar-refractivity contribution in [3.8, 4) is 23.0 Å². The molecule has 206 valence electrons. The molecule has 0 bridgehead atoms. The van der Waals surface area contributed by atoms with Crippen LogP contribution in [-0.2, 0) is 19.2 Å². The van der Waals surface area contributed by atoms with Crippen molar-refractivity contribution in [3.63, 3.8) is 0 Å². The molecule has 0 fully saturated rings. The van der Waals surface area contributed by atoms with Crippen molar-refractivity contribution >= 4 is 93.5 Å². The van der Waals surface area contributed by atoms with E-state index in [0.717, 1.165) is 12.1 Å². The molecule has 0 saturated carbocycles. The number of esters is 4. The fraction of sp³-hybridized carbons (Fsp3) is 0.333. The molecule has 0 aromatic heterocycles. The summed E-state index contributed by atoms with van der Waals surface area (Å²) in [6, 6.07) is 2.33. The lowest BCUT2D eigenvalue weighted by atomic mass is 10.2. The van der Waals surface area contributed by atoms with Crippen molar-refractivity contribution in [2.75, 3.05) is 0 Å². The van der Waals surface area contributed by atoms with Crippen molar-refractivity contribution in [2.24, 2.45) is 0 Å². The quantitative estimate of drug-likeness (QED) is 0.110. The van der Waals surface area contributed by atoms with Crippen LogP contribution in [0.15, 0.2) is 12.1 Å². The fourth-order valence-electron chi connectivity index (χ4n) is 2.73. The van der Waals surface area contributed by atoms with Gasteiger partial charge in [0.05, 0.1) is 20.1 Å². The van der Waals surface area contributed by atoms with Gasteiger partial charge < -0.3 is 18.9 Å². The van der Waals surface area contributed by atoms with Crippen LogP contribution in [0.1, 0.15) is 52.4 Å². The minimum Gasteiger partial charge on any atom is -0.421 e. The molecule has 0 amide bonds. The molecule has 14 heteroatoms. The Morgan fingerprint density at radius 3 is 1.21 bits per heavy atom. The van der Waals surface area contributed by atoms with Gasteiger partial charge in [0.15, 0.2) is 23.0 Å². The van der Waals surface area contributed by atoms with Gasteiger partial charge in [0.25, 0.3) is 0 Å². The van der Waals surface area contributed by atoms with Gasteiger partial charge in [0.1, 0.15) is 10.0 Å². The highest BCUT2D eigenvalue weighted by Gasteiger charge is 2.30. The van der Waals surface area contributed by atoms with Crippen molar-refractivity contribution in [2.45, 2.75) is 52.4 Å².